The van der Waals surface area contributed by atoms with E-state index < -0.39 is 15.4 Å². The van der Waals surface area contributed by atoms with Crippen molar-refractivity contribution in [2.75, 3.05) is 13.1 Å². The van der Waals surface area contributed by atoms with E-state index in [0.717, 1.165) is 70.0 Å². The molecule has 7 heteroatoms. The molecule has 32 heavy (non-hydrogen) atoms. The van der Waals surface area contributed by atoms with Gasteiger partial charge in [-0.2, -0.15) is 8.42 Å². The molecule has 1 aromatic carbocycles. The Hall–Kier alpha value is -1.60. The molecule has 2 unspecified atom stereocenters. The third kappa shape index (κ3) is 9.10. The highest BCUT2D eigenvalue weighted by molar-refractivity contribution is 7.87. The highest BCUT2D eigenvalue weighted by Gasteiger charge is 2.19. The number of nitrogens with one attached hydrogen (secondary N) is 1. The standard InChI is InChI=1S/C25H42N2O4S/c1-5-23(11-8-10-18-27-17-9-6-7-12-25(27)28)26-21(4)19-22-13-15-24(16-14-22)31-32(29,30)20(2)3/h13-16,20-21,23,26H,5-12,17-19H2,1-4H3. The summed E-state index contributed by atoms with van der Waals surface area (Å²) in [4.78, 5) is 14.2. The first-order valence-corrected chi connectivity index (χ1v) is 13.7. The summed E-state index contributed by atoms with van der Waals surface area (Å²) in [6.45, 7) is 9.44. The Balaban J connectivity index is 1.73. The van der Waals surface area contributed by atoms with Gasteiger partial charge in [0.25, 0.3) is 0 Å². The van der Waals surface area contributed by atoms with E-state index in [9.17, 15) is 13.2 Å². The fraction of sp³-hybridized carbons (Fsp3) is 0.720. The van der Waals surface area contributed by atoms with Crippen LogP contribution in [0.2, 0.25) is 0 Å². The van der Waals surface area contributed by atoms with Gasteiger partial charge in [-0.1, -0.05) is 31.9 Å². The first-order chi connectivity index (χ1) is 15.2. The second-order valence-electron chi connectivity index (χ2n) is 9.33. The van der Waals surface area contributed by atoms with Gasteiger partial charge in [0.1, 0.15) is 5.75 Å². The molecule has 1 heterocycles. The van der Waals surface area contributed by atoms with Crippen LogP contribution in [-0.4, -0.2) is 49.6 Å². The van der Waals surface area contributed by atoms with Crippen molar-refractivity contribution in [3.63, 3.8) is 0 Å². The summed E-state index contributed by atoms with van der Waals surface area (Å²) in [7, 11) is -3.56. The van der Waals surface area contributed by atoms with Crippen LogP contribution in [0.25, 0.3) is 0 Å². The zero-order valence-electron chi connectivity index (χ0n) is 20.3. The molecule has 0 aromatic heterocycles. The number of carbonyl (C=O) groups is 1. The number of likely N-dealkylation sites (tertiary alicyclic amines) is 1. The molecular weight excluding hydrogens is 424 g/mol. The molecule has 1 fully saturated rings. The second kappa shape index (κ2) is 13.2. The van der Waals surface area contributed by atoms with Crippen LogP contribution in [0.4, 0.5) is 0 Å². The molecule has 0 bridgehead atoms. The Morgan fingerprint density at radius 3 is 2.44 bits per heavy atom. The van der Waals surface area contributed by atoms with Gasteiger partial charge in [0.2, 0.25) is 5.91 Å². The molecule has 1 aromatic rings. The van der Waals surface area contributed by atoms with Crippen molar-refractivity contribution in [3.8, 4) is 5.75 Å². The summed E-state index contributed by atoms with van der Waals surface area (Å²) in [5.41, 5.74) is 1.15. The first kappa shape index (κ1) is 26.7. The molecule has 0 saturated carbocycles. The third-order valence-corrected chi connectivity index (χ3v) is 7.75. The monoisotopic (exact) mass is 466 g/mol. The molecule has 2 atom stereocenters. The van der Waals surface area contributed by atoms with Crippen LogP contribution in [-0.2, 0) is 21.3 Å². The lowest BCUT2D eigenvalue weighted by atomic mass is 10.0. The Bertz CT molecular complexity index is 793. The zero-order chi connectivity index (χ0) is 23.6. The van der Waals surface area contributed by atoms with Gasteiger partial charge in [0.15, 0.2) is 0 Å². The quantitative estimate of drug-likeness (QED) is 0.338. The molecule has 1 aliphatic rings. The van der Waals surface area contributed by atoms with E-state index >= 15 is 0 Å². The number of nitrogens with zero attached hydrogens (tertiary/aromatic N) is 1. The Morgan fingerprint density at radius 2 is 1.78 bits per heavy atom. The van der Waals surface area contributed by atoms with Crippen molar-refractivity contribution in [3.05, 3.63) is 29.8 Å². The SMILES string of the molecule is CCC(CCCCN1CCCCCC1=O)NC(C)Cc1ccc(OS(=O)(=O)C(C)C)cc1. The largest absolute Gasteiger partial charge is 0.382 e. The predicted molar refractivity (Wildman–Crippen MR) is 130 cm³/mol. The van der Waals surface area contributed by atoms with Crippen molar-refractivity contribution >= 4 is 16.0 Å². The second-order valence-corrected chi connectivity index (χ2v) is 11.4. The van der Waals surface area contributed by atoms with E-state index in [2.05, 4.69) is 24.1 Å². The number of carbonyl (C=O) groups excluding carboxylic acids is 1. The van der Waals surface area contributed by atoms with Gasteiger partial charge in [0, 0.05) is 31.6 Å². The van der Waals surface area contributed by atoms with Gasteiger partial charge < -0.3 is 14.4 Å². The van der Waals surface area contributed by atoms with E-state index in [1.807, 2.05) is 12.1 Å². The number of amides is 1. The van der Waals surface area contributed by atoms with E-state index in [-0.39, 0.29) is 0 Å². The van der Waals surface area contributed by atoms with Crippen LogP contribution in [0, 0.1) is 0 Å². The lowest BCUT2D eigenvalue weighted by Crippen LogP contribution is -2.37. The molecule has 0 aliphatic carbocycles. The van der Waals surface area contributed by atoms with Crippen molar-refractivity contribution in [2.24, 2.45) is 0 Å². The van der Waals surface area contributed by atoms with E-state index in [1.165, 1.54) is 6.42 Å². The summed E-state index contributed by atoms with van der Waals surface area (Å²) in [6, 6.07) is 8.10. The molecule has 1 aliphatic heterocycles. The Labute approximate surface area is 195 Å². The zero-order valence-corrected chi connectivity index (χ0v) is 21.1. The van der Waals surface area contributed by atoms with E-state index in [0.29, 0.717) is 23.7 Å². The van der Waals surface area contributed by atoms with Crippen molar-refractivity contribution in [2.45, 2.75) is 103 Å². The smallest absolute Gasteiger partial charge is 0.311 e. The first-order valence-electron chi connectivity index (χ1n) is 12.3. The van der Waals surface area contributed by atoms with Crippen LogP contribution in [0.3, 0.4) is 0 Å². The van der Waals surface area contributed by atoms with Gasteiger partial charge in [0.05, 0.1) is 5.25 Å². The maximum Gasteiger partial charge on any atom is 0.311 e. The van der Waals surface area contributed by atoms with E-state index in [4.69, 9.17) is 4.18 Å². The van der Waals surface area contributed by atoms with Gasteiger partial charge in [-0.15, -0.1) is 0 Å². The topological polar surface area (TPSA) is 75.7 Å². The lowest BCUT2D eigenvalue weighted by molar-refractivity contribution is -0.130. The molecular formula is C25H42N2O4S. The normalized spacial score (nSPS) is 17.3. The van der Waals surface area contributed by atoms with Gasteiger partial charge in [-0.25, -0.2) is 0 Å². The van der Waals surface area contributed by atoms with Crippen LogP contribution >= 0.6 is 0 Å². The third-order valence-electron chi connectivity index (χ3n) is 6.17. The molecule has 182 valence electrons. The van der Waals surface area contributed by atoms with E-state index in [1.54, 1.807) is 26.0 Å². The molecule has 6 nitrogen and oxygen atoms in total. The fourth-order valence-electron chi connectivity index (χ4n) is 4.10. The number of unbranched alkanes of at least 4 members (excludes halogenated alkanes) is 1. The summed E-state index contributed by atoms with van der Waals surface area (Å²) in [6.07, 6.45) is 9.33. The maximum absolute atomic E-state index is 12.1. The minimum absolute atomic E-state index is 0.318. The van der Waals surface area contributed by atoms with Crippen LogP contribution in [0.5, 0.6) is 5.75 Å². The summed E-state index contributed by atoms with van der Waals surface area (Å²) >= 11 is 0. The minimum Gasteiger partial charge on any atom is -0.382 e. The summed E-state index contributed by atoms with van der Waals surface area (Å²) in [5, 5.41) is 3.17. The molecule has 0 spiro atoms. The van der Waals surface area contributed by atoms with Crippen molar-refractivity contribution < 1.29 is 17.4 Å². The average molecular weight is 467 g/mol. The molecule has 1 N–H and O–H groups in total. The van der Waals surface area contributed by atoms with Crippen molar-refractivity contribution in [1.29, 1.82) is 0 Å². The van der Waals surface area contributed by atoms with Crippen molar-refractivity contribution in [1.82, 2.24) is 10.2 Å². The molecule has 1 amide bonds. The van der Waals surface area contributed by atoms with Gasteiger partial charge >= 0.3 is 10.1 Å². The predicted octanol–water partition coefficient (Wildman–Crippen LogP) is 4.68. The Kier molecular flexibility index (Phi) is 11.0. The number of benzene rings is 1. The number of hydrogen-bond donors (Lipinski definition) is 1. The van der Waals surface area contributed by atoms with Crippen LogP contribution in [0.15, 0.2) is 24.3 Å². The van der Waals surface area contributed by atoms with Crippen LogP contribution in [0.1, 0.15) is 84.6 Å². The summed E-state index contributed by atoms with van der Waals surface area (Å²) < 4.78 is 28.9. The molecule has 1 saturated heterocycles. The Morgan fingerprint density at radius 1 is 1.06 bits per heavy atom. The van der Waals surface area contributed by atoms with Gasteiger partial charge in [-0.3, -0.25) is 4.79 Å². The number of rotatable bonds is 13. The van der Waals surface area contributed by atoms with Gasteiger partial charge in [-0.05, 0) is 77.0 Å². The fourth-order valence-corrected chi connectivity index (χ4v) is 4.67. The highest BCUT2D eigenvalue weighted by atomic mass is 32.2. The molecule has 0 radical (unpaired) electrons. The minimum atomic E-state index is -3.56. The lowest BCUT2D eigenvalue weighted by Gasteiger charge is -2.24. The maximum atomic E-state index is 12.1. The molecule has 2 rings (SSSR count). The van der Waals surface area contributed by atoms with Crippen LogP contribution < -0.4 is 9.50 Å². The number of hydrogen-bond acceptors (Lipinski definition) is 5. The highest BCUT2D eigenvalue weighted by Crippen LogP contribution is 2.18. The summed E-state index contributed by atoms with van der Waals surface area (Å²) in [5.74, 6) is 0.692. The average Bonchev–Trinajstić information content (AvgIpc) is 2.95.